The van der Waals surface area contributed by atoms with E-state index in [0.29, 0.717) is 18.1 Å². The van der Waals surface area contributed by atoms with Crippen LogP contribution in [-0.4, -0.2) is 24.8 Å². The van der Waals surface area contributed by atoms with Crippen molar-refractivity contribution in [3.8, 4) is 6.07 Å². The second-order valence-electron chi connectivity index (χ2n) is 4.39. The number of halogens is 1. The first-order valence-corrected chi connectivity index (χ1v) is 6.59. The monoisotopic (exact) mass is 294 g/mol. The van der Waals surface area contributed by atoms with Gasteiger partial charge in [-0.25, -0.2) is 0 Å². The molecule has 0 atom stereocenters. The summed E-state index contributed by atoms with van der Waals surface area (Å²) in [5.41, 5.74) is 1.81. The summed E-state index contributed by atoms with van der Waals surface area (Å²) in [6.45, 7) is 2.23. The highest BCUT2D eigenvalue weighted by Gasteiger charge is 2.20. The van der Waals surface area contributed by atoms with E-state index >= 15 is 0 Å². The zero-order valence-corrected chi connectivity index (χ0v) is 11.2. The van der Waals surface area contributed by atoms with E-state index in [0.717, 1.165) is 36.1 Å². The highest BCUT2D eigenvalue weighted by Crippen LogP contribution is 2.30. The van der Waals surface area contributed by atoms with Gasteiger partial charge in [0.15, 0.2) is 0 Å². The van der Waals surface area contributed by atoms with Crippen molar-refractivity contribution in [3.05, 3.63) is 28.2 Å². The molecule has 0 bridgehead atoms. The van der Waals surface area contributed by atoms with Crippen molar-refractivity contribution in [2.75, 3.05) is 24.6 Å². The van der Waals surface area contributed by atoms with Crippen LogP contribution < -0.4 is 4.90 Å². The third-order valence-corrected chi connectivity index (χ3v) is 3.93. The fourth-order valence-electron chi connectivity index (χ4n) is 2.19. The lowest BCUT2D eigenvalue weighted by Gasteiger charge is -2.33. The molecule has 0 aliphatic carbocycles. The van der Waals surface area contributed by atoms with Crippen molar-refractivity contribution in [2.24, 2.45) is 5.92 Å². The minimum atomic E-state index is 0.294. The Balaban J connectivity index is 2.11. The summed E-state index contributed by atoms with van der Waals surface area (Å²) < 4.78 is 0.971. The zero-order chi connectivity index (χ0) is 12.3. The van der Waals surface area contributed by atoms with Crippen LogP contribution in [0.4, 0.5) is 5.69 Å². The Morgan fingerprint density at radius 1 is 1.41 bits per heavy atom. The van der Waals surface area contributed by atoms with Crippen molar-refractivity contribution < 1.29 is 5.11 Å². The fourth-order valence-corrected chi connectivity index (χ4v) is 2.82. The Morgan fingerprint density at radius 3 is 2.65 bits per heavy atom. The number of nitriles is 1. The molecule has 17 heavy (non-hydrogen) atoms. The van der Waals surface area contributed by atoms with Gasteiger partial charge in [-0.15, -0.1) is 0 Å². The molecule has 90 valence electrons. The summed E-state index contributed by atoms with van der Waals surface area (Å²) in [6.07, 6.45) is 2.06. The van der Waals surface area contributed by atoms with Gasteiger partial charge >= 0.3 is 0 Å². The van der Waals surface area contributed by atoms with E-state index in [-0.39, 0.29) is 0 Å². The van der Waals surface area contributed by atoms with Crippen LogP contribution in [-0.2, 0) is 0 Å². The first-order chi connectivity index (χ1) is 8.24. The summed E-state index contributed by atoms with van der Waals surface area (Å²) in [7, 11) is 0. The van der Waals surface area contributed by atoms with E-state index in [1.807, 2.05) is 18.2 Å². The second kappa shape index (κ2) is 5.52. The molecule has 0 radical (unpaired) electrons. The molecule has 0 saturated carbocycles. The van der Waals surface area contributed by atoms with Gasteiger partial charge in [0.2, 0.25) is 0 Å². The molecule has 1 aromatic carbocycles. The molecule has 0 unspecified atom stereocenters. The molecule has 3 nitrogen and oxygen atoms in total. The predicted octanol–water partition coefficient (Wildman–Crippen LogP) is 2.53. The molecular weight excluding hydrogens is 280 g/mol. The number of hydrogen-bond donors (Lipinski definition) is 1. The average Bonchev–Trinajstić information content (AvgIpc) is 2.39. The maximum absolute atomic E-state index is 9.11. The summed E-state index contributed by atoms with van der Waals surface area (Å²) >= 11 is 3.51. The van der Waals surface area contributed by atoms with Crippen LogP contribution in [0.3, 0.4) is 0 Å². The number of rotatable bonds is 2. The largest absolute Gasteiger partial charge is 0.396 e. The Bertz CT molecular complexity index is 434. The number of piperidine rings is 1. The first-order valence-electron chi connectivity index (χ1n) is 5.80. The molecular formula is C13H15BrN2O. The number of aliphatic hydroxyl groups excluding tert-OH is 1. The van der Waals surface area contributed by atoms with E-state index < -0.39 is 0 Å². The lowest BCUT2D eigenvalue weighted by molar-refractivity contribution is 0.203. The van der Waals surface area contributed by atoms with Gasteiger partial charge in [-0.2, -0.15) is 5.26 Å². The molecule has 1 aromatic rings. The van der Waals surface area contributed by atoms with Crippen molar-refractivity contribution in [2.45, 2.75) is 12.8 Å². The lowest BCUT2D eigenvalue weighted by Crippen LogP contribution is -2.34. The zero-order valence-electron chi connectivity index (χ0n) is 9.56. The van der Waals surface area contributed by atoms with E-state index in [2.05, 4.69) is 26.9 Å². The molecule has 1 aliphatic heterocycles. The molecule has 1 saturated heterocycles. The summed E-state index contributed by atoms with van der Waals surface area (Å²) in [5, 5.41) is 17.9. The molecule has 0 amide bonds. The van der Waals surface area contributed by atoms with Crippen LogP contribution in [0.5, 0.6) is 0 Å². The minimum absolute atomic E-state index is 0.294. The van der Waals surface area contributed by atoms with Gasteiger partial charge in [0.05, 0.1) is 17.3 Å². The fraction of sp³-hybridized carbons (Fsp3) is 0.462. The summed E-state index contributed by atoms with van der Waals surface area (Å²) in [4.78, 5) is 2.30. The van der Waals surface area contributed by atoms with Gasteiger partial charge in [-0.3, -0.25) is 0 Å². The molecule has 0 spiro atoms. The van der Waals surface area contributed by atoms with E-state index in [4.69, 9.17) is 10.4 Å². The predicted molar refractivity (Wildman–Crippen MR) is 70.9 cm³/mol. The van der Waals surface area contributed by atoms with Gasteiger partial charge in [-0.05, 0) is 52.9 Å². The third-order valence-electron chi connectivity index (χ3n) is 3.29. The molecule has 4 heteroatoms. The van der Waals surface area contributed by atoms with Crippen LogP contribution in [0.25, 0.3) is 0 Å². The Hall–Kier alpha value is -1.05. The topological polar surface area (TPSA) is 47.3 Å². The van der Waals surface area contributed by atoms with Crippen LogP contribution in [0.1, 0.15) is 18.4 Å². The van der Waals surface area contributed by atoms with E-state index in [9.17, 15) is 0 Å². The molecule has 1 fully saturated rings. The van der Waals surface area contributed by atoms with Gasteiger partial charge in [0.1, 0.15) is 0 Å². The van der Waals surface area contributed by atoms with Crippen LogP contribution in [0.2, 0.25) is 0 Å². The van der Waals surface area contributed by atoms with Crippen molar-refractivity contribution in [1.82, 2.24) is 0 Å². The van der Waals surface area contributed by atoms with E-state index in [1.54, 1.807) is 0 Å². The quantitative estimate of drug-likeness (QED) is 0.912. The Kier molecular flexibility index (Phi) is 4.03. The van der Waals surface area contributed by atoms with E-state index in [1.165, 1.54) is 0 Å². The number of anilines is 1. The smallest absolute Gasteiger partial charge is 0.0992 e. The number of benzene rings is 1. The number of aliphatic hydroxyl groups is 1. The highest BCUT2D eigenvalue weighted by molar-refractivity contribution is 9.10. The Morgan fingerprint density at radius 2 is 2.12 bits per heavy atom. The Labute approximate surface area is 110 Å². The molecule has 1 aliphatic rings. The highest BCUT2D eigenvalue weighted by atomic mass is 79.9. The first kappa shape index (κ1) is 12.4. The maximum atomic E-state index is 9.11. The normalized spacial score (nSPS) is 16.9. The second-order valence-corrected chi connectivity index (χ2v) is 5.25. The summed E-state index contributed by atoms with van der Waals surface area (Å²) in [6, 6.07) is 7.82. The van der Waals surface area contributed by atoms with Gasteiger partial charge in [0, 0.05) is 24.2 Å². The standard InChI is InChI=1S/C13H15BrN2O/c14-12-7-11(8-15)1-2-13(12)16-5-3-10(9-17)4-6-16/h1-2,7,10,17H,3-6,9H2. The van der Waals surface area contributed by atoms with Crippen molar-refractivity contribution >= 4 is 21.6 Å². The lowest BCUT2D eigenvalue weighted by atomic mass is 9.97. The number of nitrogens with zero attached hydrogens (tertiary/aromatic N) is 2. The maximum Gasteiger partial charge on any atom is 0.0992 e. The van der Waals surface area contributed by atoms with Gasteiger partial charge in [-0.1, -0.05) is 0 Å². The SMILES string of the molecule is N#Cc1ccc(N2CCC(CO)CC2)c(Br)c1. The molecule has 1 N–H and O–H groups in total. The third kappa shape index (κ3) is 2.80. The minimum Gasteiger partial charge on any atom is -0.396 e. The average molecular weight is 295 g/mol. The molecule has 2 rings (SSSR count). The molecule has 1 heterocycles. The van der Waals surface area contributed by atoms with Crippen LogP contribution >= 0.6 is 15.9 Å². The summed E-state index contributed by atoms with van der Waals surface area (Å²) in [5.74, 6) is 0.448. The van der Waals surface area contributed by atoms with Gasteiger partial charge in [0.25, 0.3) is 0 Å². The molecule has 0 aromatic heterocycles. The van der Waals surface area contributed by atoms with Crippen LogP contribution in [0.15, 0.2) is 22.7 Å². The van der Waals surface area contributed by atoms with Gasteiger partial charge < -0.3 is 10.0 Å². The number of hydrogen-bond acceptors (Lipinski definition) is 3. The van der Waals surface area contributed by atoms with Crippen molar-refractivity contribution in [3.63, 3.8) is 0 Å². The van der Waals surface area contributed by atoms with Crippen LogP contribution in [0, 0.1) is 17.2 Å². The van der Waals surface area contributed by atoms with Crippen molar-refractivity contribution in [1.29, 1.82) is 5.26 Å².